The van der Waals surface area contributed by atoms with Crippen molar-refractivity contribution >= 4 is 53.5 Å². The van der Waals surface area contributed by atoms with Gasteiger partial charge >= 0.3 is 0 Å². The minimum atomic E-state index is -1.86. The van der Waals surface area contributed by atoms with E-state index in [9.17, 15) is 84.0 Å². The van der Waals surface area contributed by atoms with Crippen LogP contribution in [0.1, 0.15) is 70.6 Å². The van der Waals surface area contributed by atoms with E-state index in [1.165, 1.54) is 0 Å². The predicted molar refractivity (Wildman–Crippen MR) is 111 cm³/mol. The van der Waals surface area contributed by atoms with Gasteiger partial charge in [-0.25, -0.2) is 0 Å². The highest BCUT2D eigenvalue weighted by molar-refractivity contribution is 6.31. The minimum absolute atomic E-state index is 0.00366. The molecular weight excluding hydrogens is 564 g/mol. The molecule has 0 saturated carbocycles. The number of hydrogen-bond acceptors (Lipinski definition) is 17. The molecule has 19 heteroatoms. The van der Waals surface area contributed by atoms with Crippen molar-refractivity contribution in [3.8, 4) is 0 Å². The number of hydrogen-bond donors (Lipinski definition) is 1. The lowest BCUT2D eigenvalue weighted by Gasteiger charge is -2.20. The second-order valence-electron chi connectivity index (χ2n) is 7.60. The standard InChI is InChI=1S/C6H10NO4.C6H10O4.C5H9NO4.C5H6O5/c7-4(6(10)11)2-1-3-5(8)9;7-5(8)3-1-2-4-6(9)10;2*6-3(5(9)10)1-2-4(7)8/h4,7H,1-3H2,(H,8,9)(H,10,11);1-4H2,(H,7,8)(H,9,10);3H,1-2,6H2,(H,7,8)(H,9,10);1-2H2,(H,7,8)(H,9,10)/q-1;;;/p-7. The normalized spacial score (nSPS) is 10.8. The van der Waals surface area contributed by atoms with Crippen LogP contribution < -0.4 is 46.6 Å². The first kappa shape index (κ1) is 43.4. The van der Waals surface area contributed by atoms with E-state index in [0.717, 1.165) is 0 Å². The van der Waals surface area contributed by atoms with Gasteiger partial charge in [-0.15, -0.1) is 0 Å². The molecule has 2 atom stereocenters. The van der Waals surface area contributed by atoms with E-state index in [2.05, 4.69) is 5.73 Å². The lowest BCUT2D eigenvalue weighted by molar-refractivity contribution is -0.438. The summed E-state index contributed by atoms with van der Waals surface area (Å²) in [5.41, 5.74) is 9.95. The van der Waals surface area contributed by atoms with E-state index in [4.69, 9.17) is 5.73 Å². The second kappa shape index (κ2) is 26.9. The number of unbranched alkanes of at least 4 members (excludes halogenated alkanes) is 1. The summed E-state index contributed by atoms with van der Waals surface area (Å²) in [6, 6.07) is -2.28. The van der Waals surface area contributed by atoms with Crippen LogP contribution in [0.3, 0.4) is 0 Å². The molecule has 0 aliphatic heterocycles. The number of carbonyl (C=O) groups is 9. The maximum Gasteiger partial charge on any atom is 0.178 e. The molecule has 0 fully saturated rings. The Labute approximate surface area is 232 Å². The zero-order chi connectivity index (χ0) is 33.1. The van der Waals surface area contributed by atoms with Gasteiger partial charge in [-0.1, -0.05) is 12.5 Å². The van der Waals surface area contributed by atoms with E-state index < -0.39 is 78.5 Å². The number of carboxylic acids is 8. The minimum Gasteiger partial charge on any atom is -0.670 e. The molecule has 0 aromatic rings. The first-order valence-corrected chi connectivity index (χ1v) is 11.4. The smallest absolute Gasteiger partial charge is 0.178 e. The highest BCUT2D eigenvalue weighted by atomic mass is 16.4. The van der Waals surface area contributed by atoms with Gasteiger partial charge in [0.1, 0.15) is 12.0 Å². The molecule has 0 spiro atoms. The van der Waals surface area contributed by atoms with Crippen LogP contribution in [0.25, 0.3) is 5.73 Å². The largest absolute Gasteiger partial charge is 0.670 e. The van der Waals surface area contributed by atoms with Crippen molar-refractivity contribution in [1.82, 2.24) is 0 Å². The highest BCUT2D eigenvalue weighted by Gasteiger charge is 2.05. The molecule has 0 heterocycles. The monoisotopic (exact) mass is 592 g/mol. The number of ketones is 1. The van der Waals surface area contributed by atoms with Gasteiger partial charge in [-0.3, -0.25) is 4.79 Å². The summed E-state index contributed by atoms with van der Waals surface area (Å²) < 4.78 is 0. The summed E-state index contributed by atoms with van der Waals surface area (Å²) >= 11 is 0. The summed E-state index contributed by atoms with van der Waals surface area (Å²) in [5, 5.41) is 78.3. The summed E-state index contributed by atoms with van der Waals surface area (Å²) in [4.78, 5) is 88.3. The Morgan fingerprint density at radius 1 is 0.488 bits per heavy atom. The van der Waals surface area contributed by atoms with Crippen molar-refractivity contribution in [1.29, 1.82) is 0 Å². The number of quaternary nitrogens is 1. The van der Waals surface area contributed by atoms with Crippen molar-refractivity contribution < 1.29 is 89.7 Å². The van der Waals surface area contributed by atoms with Gasteiger partial charge in [0.05, 0.1) is 5.97 Å². The maximum atomic E-state index is 10.1. The molecule has 0 aromatic carbocycles. The third kappa shape index (κ3) is 42.7. The van der Waals surface area contributed by atoms with Crippen LogP contribution in [0, 0.1) is 0 Å². The average Bonchev–Trinajstić information content (AvgIpc) is 2.84. The third-order valence-electron chi connectivity index (χ3n) is 3.98. The van der Waals surface area contributed by atoms with Crippen LogP contribution in [0.15, 0.2) is 0 Å². The quantitative estimate of drug-likeness (QED) is 0.114. The number of aliphatic carboxylic acids is 8. The number of rotatable bonds is 18. The third-order valence-corrected chi connectivity index (χ3v) is 3.98. The van der Waals surface area contributed by atoms with Gasteiger partial charge in [0.2, 0.25) is 0 Å². The number of carbonyl (C=O) groups excluding carboxylic acids is 9. The zero-order valence-electron chi connectivity index (χ0n) is 21.6. The fourth-order valence-electron chi connectivity index (χ4n) is 1.83. The fourth-order valence-corrected chi connectivity index (χ4v) is 1.83. The van der Waals surface area contributed by atoms with Crippen molar-refractivity contribution in [3.05, 3.63) is 5.73 Å². The molecule has 0 aromatic heterocycles. The average molecular weight is 592 g/mol. The van der Waals surface area contributed by atoms with E-state index >= 15 is 0 Å². The Hall–Kier alpha value is -4.65. The van der Waals surface area contributed by atoms with Gasteiger partial charge in [0.15, 0.2) is 5.78 Å². The summed E-state index contributed by atoms with van der Waals surface area (Å²) in [7, 11) is 0. The highest BCUT2D eigenvalue weighted by Crippen LogP contribution is 2.01. The first-order chi connectivity index (χ1) is 18.7. The summed E-state index contributed by atoms with van der Waals surface area (Å²) in [6.07, 6.45) is -0.999. The molecule has 0 amide bonds. The van der Waals surface area contributed by atoms with Crippen molar-refractivity contribution in [2.75, 3.05) is 0 Å². The van der Waals surface area contributed by atoms with Crippen LogP contribution >= 0.6 is 0 Å². The topological polar surface area (TPSA) is 390 Å². The van der Waals surface area contributed by atoms with Gasteiger partial charge in [0, 0.05) is 48.7 Å². The molecule has 41 heavy (non-hydrogen) atoms. The molecular formula is C22H28N2O17-8. The van der Waals surface area contributed by atoms with E-state index in [0.29, 0.717) is 12.8 Å². The van der Waals surface area contributed by atoms with Crippen molar-refractivity contribution in [2.45, 2.75) is 82.7 Å². The van der Waals surface area contributed by atoms with Gasteiger partial charge in [0.25, 0.3) is 0 Å². The molecule has 4 N–H and O–H groups in total. The molecule has 0 bridgehead atoms. The molecule has 2 unspecified atom stereocenters. The summed E-state index contributed by atoms with van der Waals surface area (Å²) in [5.74, 6) is -12.1. The second-order valence-corrected chi connectivity index (χ2v) is 7.60. The molecule has 0 radical (unpaired) electrons. The molecule has 0 saturated heterocycles. The van der Waals surface area contributed by atoms with E-state index in [1.54, 1.807) is 0 Å². The van der Waals surface area contributed by atoms with Crippen LogP contribution in [0.4, 0.5) is 0 Å². The lowest BCUT2D eigenvalue weighted by Crippen LogP contribution is -2.68. The van der Waals surface area contributed by atoms with Crippen LogP contribution in [-0.4, -0.2) is 65.6 Å². The van der Waals surface area contributed by atoms with Crippen LogP contribution in [-0.2, 0) is 43.2 Å². The first-order valence-electron chi connectivity index (χ1n) is 11.4. The number of Topliss-reactive ketones (excluding diaryl/α,β-unsaturated/α-hetero) is 1. The Morgan fingerprint density at radius 3 is 1.15 bits per heavy atom. The molecule has 0 rings (SSSR count). The Balaban J connectivity index is -0.000000223. The number of nitrogens with one attached hydrogen (secondary N) is 1. The van der Waals surface area contributed by atoms with Crippen LogP contribution in [0.2, 0.25) is 0 Å². The Bertz CT molecular complexity index is 871. The van der Waals surface area contributed by atoms with Gasteiger partial charge in [-0.2, -0.15) is 0 Å². The molecule has 236 valence electrons. The van der Waals surface area contributed by atoms with E-state index in [1.807, 2.05) is 0 Å². The maximum absolute atomic E-state index is 10.1. The molecule has 0 aliphatic carbocycles. The number of carboxylic acid groups (broad SMARTS) is 8. The van der Waals surface area contributed by atoms with Crippen molar-refractivity contribution in [2.24, 2.45) is 0 Å². The van der Waals surface area contributed by atoms with Gasteiger partial charge in [-0.05, 0) is 51.4 Å². The lowest BCUT2D eigenvalue weighted by atomic mass is 10.1. The molecule has 19 nitrogen and oxygen atoms in total. The fraction of sp³-hybridized carbons (Fsp3) is 0.591. The summed E-state index contributed by atoms with van der Waals surface area (Å²) in [6.45, 7) is 0. The van der Waals surface area contributed by atoms with Crippen LogP contribution in [0.5, 0.6) is 0 Å². The molecule has 0 aliphatic rings. The SMILES string of the molecule is O=C([O-])CCC(=O)C(=O)[O-].O=C([O-])CCCCC(=O)[O-].[NH-]C(CCCC(=O)[O-])C(=O)[O-].[NH3+]C(CCC(=O)[O-])C(=O)[O-]. The zero-order valence-corrected chi connectivity index (χ0v) is 21.6. The Kier molecular flexibility index (Phi) is 28.5. The Morgan fingerprint density at radius 2 is 0.854 bits per heavy atom. The van der Waals surface area contributed by atoms with Gasteiger partial charge < -0.3 is 90.7 Å². The van der Waals surface area contributed by atoms with E-state index in [-0.39, 0.29) is 44.9 Å². The van der Waals surface area contributed by atoms with Crippen molar-refractivity contribution in [3.63, 3.8) is 0 Å². The predicted octanol–water partition coefficient (Wildman–Crippen LogP) is -11.2.